The van der Waals surface area contributed by atoms with Crippen LogP contribution in [-0.4, -0.2) is 50.4 Å². The highest BCUT2D eigenvalue weighted by Gasteiger charge is 2.50. The van der Waals surface area contributed by atoms with Crippen molar-refractivity contribution >= 4 is 23.4 Å². The van der Waals surface area contributed by atoms with Crippen LogP contribution in [0.25, 0.3) is 0 Å². The molecular formula is C26H29ClN4O4. The quantitative estimate of drug-likeness (QED) is 0.515. The van der Waals surface area contributed by atoms with E-state index in [1.165, 1.54) is 0 Å². The maximum Gasteiger partial charge on any atom is 0.438 e. The molecular weight excluding hydrogens is 468 g/mol. The predicted molar refractivity (Wildman–Crippen MR) is 132 cm³/mol. The largest absolute Gasteiger partial charge is 0.438 e. The van der Waals surface area contributed by atoms with Gasteiger partial charge in [0.1, 0.15) is 5.54 Å². The van der Waals surface area contributed by atoms with Crippen LogP contribution < -0.4 is 5.76 Å². The van der Waals surface area contributed by atoms with Gasteiger partial charge in [0, 0.05) is 31.1 Å². The number of aryl methyl sites for hydroxylation is 2. The van der Waals surface area contributed by atoms with Crippen molar-refractivity contribution < 1.29 is 14.1 Å². The molecule has 0 radical (unpaired) electrons. The normalized spacial score (nSPS) is 17.2. The summed E-state index contributed by atoms with van der Waals surface area (Å²) >= 11 is 6.02. The molecule has 1 fully saturated rings. The van der Waals surface area contributed by atoms with Crippen LogP contribution in [0.2, 0.25) is 5.02 Å². The predicted octanol–water partition coefficient (Wildman–Crippen LogP) is 3.44. The first-order valence-electron chi connectivity index (χ1n) is 11.6. The van der Waals surface area contributed by atoms with Gasteiger partial charge in [-0.25, -0.2) is 4.79 Å². The lowest BCUT2D eigenvalue weighted by Gasteiger charge is -2.51. The van der Waals surface area contributed by atoms with E-state index >= 15 is 0 Å². The first-order valence-corrected chi connectivity index (χ1v) is 12.0. The number of hydrogen-bond acceptors (Lipinski definition) is 5. The average Bonchev–Trinajstić information content (AvgIpc) is 3.20. The third-order valence-electron chi connectivity index (χ3n) is 6.49. The number of nitrogens with one attached hydrogen (secondary N) is 1. The lowest BCUT2D eigenvalue weighted by atomic mass is 9.84. The highest BCUT2D eigenvalue weighted by atomic mass is 35.5. The number of carbonyl (C=O) groups is 2. The molecule has 1 atom stereocenters. The van der Waals surface area contributed by atoms with Crippen molar-refractivity contribution in [2.75, 3.05) is 13.1 Å². The lowest BCUT2D eigenvalue weighted by molar-refractivity contribution is -0.164. The molecule has 35 heavy (non-hydrogen) atoms. The molecule has 2 heterocycles. The second-order valence-electron chi connectivity index (χ2n) is 9.39. The van der Waals surface area contributed by atoms with Crippen LogP contribution in [0.15, 0.2) is 51.8 Å². The Hall–Kier alpha value is -3.39. The van der Waals surface area contributed by atoms with E-state index in [2.05, 4.69) is 20.7 Å². The molecule has 2 aromatic carbocycles. The van der Waals surface area contributed by atoms with Crippen LogP contribution in [0.3, 0.4) is 0 Å². The SMILES string of the molecule is Cc1cc(C)cc(CC(=O)N2CCC2(C)C(=O)N(CCc2noc(=O)[nH]2)Cc2ccc(Cl)cc2)c1. The van der Waals surface area contributed by atoms with Crippen molar-refractivity contribution in [1.29, 1.82) is 0 Å². The fourth-order valence-corrected chi connectivity index (χ4v) is 4.76. The van der Waals surface area contributed by atoms with Gasteiger partial charge in [-0.3, -0.25) is 19.1 Å². The fourth-order valence-electron chi connectivity index (χ4n) is 4.63. The van der Waals surface area contributed by atoms with E-state index in [4.69, 9.17) is 11.6 Å². The summed E-state index contributed by atoms with van der Waals surface area (Å²) in [5.74, 6) is -0.474. The topological polar surface area (TPSA) is 99.5 Å². The van der Waals surface area contributed by atoms with Gasteiger partial charge in [-0.15, -0.1) is 0 Å². The van der Waals surface area contributed by atoms with Gasteiger partial charge in [-0.05, 0) is 50.5 Å². The van der Waals surface area contributed by atoms with E-state index in [0.717, 1.165) is 22.3 Å². The average molecular weight is 497 g/mol. The molecule has 0 spiro atoms. The van der Waals surface area contributed by atoms with E-state index in [1.54, 1.807) is 21.9 Å². The molecule has 0 saturated carbocycles. The Morgan fingerprint density at radius 1 is 1.14 bits per heavy atom. The van der Waals surface area contributed by atoms with Crippen molar-refractivity contribution in [3.05, 3.63) is 86.1 Å². The second-order valence-corrected chi connectivity index (χ2v) is 9.82. The minimum absolute atomic E-state index is 0.0654. The maximum atomic E-state index is 13.8. The number of halogens is 1. The number of hydrogen-bond donors (Lipinski definition) is 1. The summed E-state index contributed by atoms with van der Waals surface area (Å²) in [6.07, 6.45) is 1.16. The van der Waals surface area contributed by atoms with E-state index in [9.17, 15) is 14.4 Å². The third kappa shape index (κ3) is 5.65. The first kappa shape index (κ1) is 24.7. The fraction of sp³-hybridized carbons (Fsp3) is 0.385. The van der Waals surface area contributed by atoms with Crippen molar-refractivity contribution in [3.63, 3.8) is 0 Å². The maximum absolute atomic E-state index is 13.8. The van der Waals surface area contributed by atoms with Crippen molar-refractivity contribution in [2.45, 2.75) is 52.1 Å². The van der Waals surface area contributed by atoms with Crippen LogP contribution in [0.5, 0.6) is 0 Å². The summed E-state index contributed by atoms with van der Waals surface area (Å²) in [5, 5.41) is 4.32. The Bertz CT molecular complexity index is 1260. The van der Waals surface area contributed by atoms with Gasteiger partial charge < -0.3 is 9.80 Å². The molecule has 1 saturated heterocycles. The van der Waals surface area contributed by atoms with E-state index in [1.807, 2.05) is 45.0 Å². The van der Waals surface area contributed by atoms with Gasteiger partial charge in [-0.2, -0.15) is 0 Å². The number of nitrogens with zero attached hydrogens (tertiary/aromatic N) is 3. The number of rotatable bonds is 8. The van der Waals surface area contributed by atoms with Crippen molar-refractivity contribution in [1.82, 2.24) is 19.9 Å². The summed E-state index contributed by atoms with van der Waals surface area (Å²) in [6, 6.07) is 13.4. The monoisotopic (exact) mass is 496 g/mol. The Balaban J connectivity index is 1.52. The van der Waals surface area contributed by atoms with Gasteiger partial charge in [0.15, 0.2) is 5.82 Å². The summed E-state index contributed by atoms with van der Waals surface area (Å²) in [5.41, 5.74) is 3.14. The standard InChI is InChI=1S/C26H29ClN4O4/c1-17-12-18(2)14-20(13-17)15-23(32)31-11-9-26(31,3)24(33)30(10-8-22-28-25(34)35-29-22)16-19-4-6-21(27)7-5-19/h4-7,12-14H,8-11,15-16H2,1-3H3,(H,28,29,34). The minimum Gasteiger partial charge on any atom is -0.336 e. The Morgan fingerprint density at radius 3 is 2.40 bits per heavy atom. The summed E-state index contributed by atoms with van der Waals surface area (Å²) in [6.45, 7) is 7.03. The van der Waals surface area contributed by atoms with E-state index in [0.29, 0.717) is 43.3 Å². The molecule has 184 valence electrons. The Kier molecular flexibility index (Phi) is 7.12. The minimum atomic E-state index is -0.931. The van der Waals surface area contributed by atoms with E-state index < -0.39 is 11.3 Å². The Labute approximate surface area is 208 Å². The number of amides is 2. The van der Waals surface area contributed by atoms with Gasteiger partial charge >= 0.3 is 5.76 Å². The third-order valence-corrected chi connectivity index (χ3v) is 6.75. The van der Waals surface area contributed by atoms with Gasteiger partial charge in [0.05, 0.1) is 6.42 Å². The number of aromatic nitrogens is 2. The molecule has 9 heteroatoms. The van der Waals surface area contributed by atoms with E-state index in [-0.39, 0.29) is 18.2 Å². The highest BCUT2D eigenvalue weighted by molar-refractivity contribution is 6.30. The zero-order chi connectivity index (χ0) is 25.2. The molecule has 1 aromatic heterocycles. The molecule has 1 N–H and O–H groups in total. The van der Waals surface area contributed by atoms with Gasteiger partial charge in [0.25, 0.3) is 0 Å². The molecule has 2 amide bonds. The molecule has 3 aromatic rings. The van der Waals surface area contributed by atoms with Crippen LogP contribution >= 0.6 is 11.6 Å². The smallest absolute Gasteiger partial charge is 0.336 e. The molecule has 4 rings (SSSR count). The Morgan fingerprint density at radius 2 is 1.83 bits per heavy atom. The molecule has 0 aliphatic carbocycles. The van der Waals surface area contributed by atoms with Gasteiger partial charge in [-0.1, -0.05) is 58.2 Å². The lowest BCUT2D eigenvalue weighted by Crippen LogP contribution is -2.68. The van der Waals surface area contributed by atoms with Crippen LogP contribution in [0.1, 0.15) is 41.4 Å². The van der Waals surface area contributed by atoms with Crippen molar-refractivity contribution in [3.8, 4) is 0 Å². The number of carbonyl (C=O) groups excluding carboxylic acids is 2. The summed E-state index contributed by atoms with van der Waals surface area (Å²) in [7, 11) is 0. The molecule has 1 aliphatic rings. The number of aromatic amines is 1. The number of likely N-dealkylation sites (tertiary alicyclic amines) is 1. The molecule has 0 bridgehead atoms. The van der Waals surface area contributed by atoms with Crippen molar-refractivity contribution in [2.24, 2.45) is 0 Å². The van der Waals surface area contributed by atoms with Crippen LogP contribution in [0, 0.1) is 13.8 Å². The summed E-state index contributed by atoms with van der Waals surface area (Å²) < 4.78 is 4.58. The van der Waals surface area contributed by atoms with Gasteiger partial charge in [0.2, 0.25) is 11.8 Å². The summed E-state index contributed by atoms with van der Waals surface area (Å²) in [4.78, 5) is 44.2. The second kappa shape index (κ2) is 10.1. The first-order chi connectivity index (χ1) is 16.6. The zero-order valence-corrected chi connectivity index (χ0v) is 20.9. The highest BCUT2D eigenvalue weighted by Crippen LogP contribution is 2.34. The zero-order valence-electron chi connectivity index (χ0n) is 20.1. The number of H-pyrrole nitrogens is 1. The van der Waals surface area contributed by atoms with Crippen LogP contribution in [-0.2, 0) is 29.0 Å². The molecule has 1 aliphatic heterocycles. The molecule has 8 nitrogen and oxygen atoms in total. The van der Waals surface area contributed by atoms with Crippen LogP contribution in [0.4, 0.5) is 0 Å². The number of benzene rings is 2. The molecule has 1 unspecified atom stereocenters.